The number of amides is 1. The van der Waals surface area contributed by atoms with Crippen molar-refractivity contribution in [1.29, 1.82) is 0 Å². The summed E-state index contributed by atoms with van der Waals surface area (Å²) in [5.41, 5.74) is 1.14. The van der Waals surface area contributed by atoms with Crippen molar-refractivity contribution >= 4 is 5.91 Å². The SMILES string of the molecule is COCc1ccc(C(=O)NCCOc2cccc(C)c2)o1. The Morgan fingerprint density at radius 2 is 2.14 bits per heavy atom. The van der Waals surface area contributed by atoms with Crippen LogP contribution in [0.5, 0.6) is 5.75 Å². The summed E-state index contributed by atoms with van der Waals surface area (Å²) in [6.07, 6.45) is 0. The molecular weight excluding hydrogens is 270 g/mol. The molecule has 1 aromatic heterocycles. The van der Waals surface area contributed by atoms with Crippen LogP contribution in [0.15, 0.2) is 40.8 Å². The van der Waals surface area contributed by atoms with E-state index in [9.17, 15) is 4.79 Å². The summed E-state index contributed by atoms with van der Waals surface area (Å²) in [5.74, 6) is 1.44. The van der Waals surface area contributed by atoms with Gasteiger partial charge < -0.3 is 19.2 Å². The van der Waals surface area contributed by atoms with Gasteiger partial charge in [0.2, 0.25) is 0 Å². The van der Waals surface area contributed by atoms with Crippen LogP contribution in [0.4, 0.5) is 0 Å². The van der Waals surface area contributed by atoms with Crippen molar-refractivity contribution in [3.8, 4) is 5.75 Å². The molecule has 0 bridgehead atoms. The van der Waals surface area contributed by atoms with Crippen LogP contribution in [0, 0.1) is 6.92 Å². The normalized spacial score (nSPS) is 10.4. The molecular formula is C16H19NO4. The predicted molar refractivity (Wildman–Crippen MR) is 78.4 cm³/mol. The number of carbonyl (C=O) groups excluding carboxylic acids is 1. The van der Waals surface area contributed by atoms with Crippen LogP contribution in [-0.2, 0) is 11.3 Å². The van der Waals surface area contributed by atoms with E-state index < -0.39 is 0 Å². The maximum absolute atomic E-state index is 11.8. The minimum atomic E-state index is -0.259. The largest absolute Gasteiger partial charge is 0.492 e. The molecule has 5 heteroatoms. The molecule has 0 fully saturated rings. The van der Waals surface area contributed by atoms with Gasteiger partial charge in [-0.3, -0.25) is 4.79 Å². The van der Waals surface area contributed by atoms with Crippen LogP contribution in [-0.4, -0.2) is 26.2 Å². The highest BCUT2D eigenvalue weighted by molar-refractivity contribution is 5.91. The quantitative estimate of drug-likeness (QED) is 0.796. The van der Waals surface area contributed by atoms with Crippen LogP contribution in [0.1, 0.15) is 21.9 Å². The molecule has 1 amide bonds. The molecule has 0 aliphatic rings. The average Bonchev–Trinajstić information content (AvgIpc) is 2.93. The minimum absolute atomic E-state index is 0.259. The molecule has 5 nitrogen and oxygen atoms in total. The van der Waals surface area contributed by atoms with Gasteiger partial charge in [0.1, 0.15) is 24.7 Å². The zero-order valence-electron chi connectivity index (χ0n) is 12.2. The van der Waals surface area contributed by atoms with Gasteiger partial charge in [-0.05, 0) is 36.8 Å². The Balaban J connectivity index is 1.73. The Morgan fingerprint density at radius 1 is 1.29 bits per heavy atom. The highest BCUT2D eigenvalue weighted by atomic mass is 16.5. The second-order valence-electron chi connectivity index (χ2n) is 4.62. The lowest BCUT2D eigenvalue weighted by Gasteiger charge is -2.07. The Kier molecular flexibility index (Phi) is 5.40. The highest BCUT2D eigenvalue weighted by Gasteiger charge is 2.10. The summed E-state index contributed by atoms with van der Waals surface area (Å²) in [4.78, 5) is 11.8. The van der Waals surface area contributed by atoms with Gasteiger partial charge in [-0.25, -0.2) is 0 Å². The molecule has 0 aliphatic carbocycles. The number of ether oxygens (including phenoxy) is 2. The van der Waals surface area contributed by atoms with Crippen molar-refractivity contribution in [3.63, 3.8) is 0 Å². The molecule has 0 aliphatic heterocycles. The zero-order chi connectivity index (χ0) is 15.1. The molecule has 1 N–H and O–H groups in total. The molecule has 2 rings (SSSR count). The maximum Gasteiger partial charge on any atom is 0.287 e. The number of methoxy groups -OCH3 is 1. The molecule has 21 heavy (non-hydrogen) atoms. The number of hydrogen-bond donors (Lipinski definition) is 1. The van der Waals surface area contributed by atoms with Gasteiger partial charge in [-0.1, -0.05) is 12.1 Å². The van der Waals surface area contributed by atoms with Crippen molar-refractivity contribution in [3.05, 3.63) is 53.5 Å². The van der Waals surface area contributed by atoms with Gasteiger partial charge in [-0.15, -0.1) is 0 Å². The van der Waals surface area contributed by atoms with Crippen molar-refractivity contribution in [2.75, 3.05) is 20.3 Å². The fourth-order valence-electron chi connectivity index (χ4n) is 1.85. The van der Waals surface area contributed by atoms with Crippen LogP contribution in [0.25, 0.3) is 0 Å². The Bertz CT molecular complexity index is 591. The summed E-state index contributed by atoms with van der Waals surface area (Å²) in [5, 5.41) is 2.74. The van der Waals surface area contributed by atoms with E-state index in [1.807, 2.05) is 31.2 Å². The second-order valence-corrected chi connectivity index (χ2v) is 4.62. The summed E-state index contributed by atoms with van der Waals surface area (Å²) >= 11 is 0. The Hall–Kier alpha value is -2.27. The zero-order valence-corrected chi connectivity index (χ0v) is 12.2. The minimum Gasteiger partial charge on any atom is -0.492 e. The van der Waals surface area contributed by atoms with Crippen molar-refractivity contribution < 1.29 is 18.7 Å². The van der Waals surface area contributed by atoms with Gasteiger partial charge in [0, 0.05) is 7.11 Å². The molecule has 1 heterocycles. The molecule has 0 saturated heterocycles. The molecule has 0 spiro atoms. The number of hydrogen-bond acceptors (Lipinski definition) is 4. The van der Waals surface area contributed by atoms with Crippen LogP contribution in [0.2, 0.25) is 0 Å². The third kappa shape index (κ3) is 4.65. The van der Waals surface area contributed by atoms with E-state index in [1.54, 1.807) is 19.2 Å². The van der Waals surface area contributed by atoms with Gasteiger partial charge in [0.15, 0.2) is 5.76 Å². The lowest BCUT2D eigenvalue weighted by atomic mass is 10.2. The van der Waals surface area contributed by atoms with E-state index in [-0.39, 0.29) is 11.7 Å². The number of aryl methyl sites for hydroxylation is 1. The lowest BCUT2D eigenvalue weighted by molar-refractivity contribution is 0.0910. The van der Waals surface area contributed by atoms with E-state index in [4.69, 9.17) is 13.9 Å². The maximum atomic E-state index is 11.8. The number of nitrogens with one attached hydrogen (secondary N) is 1. The van der Waals surface area contributed by atoms with Gasteiger partial charge in [-0.2, -0.15) is 0 Å². The monoisotopic (exact) mass is 289 g/mol. The van der Waals surface area contributed by atoms with Crippen LogP contribution < -0.4 is 10.1 Å². The van der Waals surface area contributed by atoms with Gasteiger partial charge in [0.25, 0.3) is 5.91 Å². The number of carbonyl (C=O) groups is 1. The van der Waals surface area contributed by atoms with Crippen LogP contribution in [0.3, 0.4) is 0 Å². The fraction of sp³-hybridized carbons (Fsp3) is 0.312. The topological polar surface area (TPSA) is 60.7 Å². The standard InChI is InChI=1S/C16H19NO4/c1-12-4-3-5-13(10-12)20-9-8-17-16(18)15-7-6-14(21-15)11-19-2/h3-7,10H,8-9,11H2,1-2H3,(H,17,18). The third-order valence-corrected chi connectivity index (χ3v) is 2.82. The van der Waals surface area contributed by atoms with E-state index in [1.165, 1.54) is 0 Å². The smallest absolute Gasteiger partial charge is 0.287 e. The van der Waals surface area contributed by atoms with E-state index >= 15 is 0 Å². The van der Waals surface area contributed by atoms with Crippen molar-refractivity contribution in [2.24, 2.45) is 0 Å². The number of rotatable bonds is 7. The van der Waals surface area contributed by atoms with Crippen LogP contribution >= 0.6 is 0 Å². The summed E-state index contributed by atoms with van der Waals surface area (Å²) in [7, 11) is 1.57. The lowest BCUT2D eigenvalue weighted by Crippen LogP contribution is -2.27. The highest BCUT2D eigenvalue weighted by Crippen LogP contribution is 2.12. The first-order valence-electron chi connectivity index (χ1n) is 6.74. The first kappa shape index (κ1) is 15.1. The first-order chi connectivity index (χ1) is 10.2. The first-order valence-corrected chi connectivity index (χ1v) is 6.74. The third-order valence-electron chi connectivity index (χ3n) is 2.82. The molecule has 0 radical (unpaired) electrons. The number of benzene rings is 1. The molecule has 0 saturated carbocycles. The van der Waals surface area contributed by atoms with E-state index in [0.29, 0.717) is 25.5 Å². The van der Waals surface area contributed by atoms with Gasteiger partial charge >= 0.3 is 0 Å². The average molecular weight is 289 g/mol. The predicted octanol–water partition coefficient (Wildman–Crippen LogP) is 2.54. The van der Waals surface area contributed by atoms with Gasteiger partial charge in [0.05, 0.1) is 6.54 Å². The second kappa shape index (κ2) is 7.50. The van der Waals surface area contributed by atoms with Crippen molar-refractivity contribution in [1.82, 2.24) is 5.32 Å². The van der Waals surface area contributed by atoms with E-state index in [0.717, 1.165) is 11.3 Å². The van der Waals surface area contributed by atoms with E-state index in [2.05, 4.69) is 5.32 Å². The molecule has 112 valence electrons. The van der Waals surface area contributed by atoms with Crippen molar-refractivity contribution in [2.45, 2.75) is 13.5 Å². The molecule has 2 aromatic rings. The summed E-state index contributed by atoms with van der Waals surface area (Å²) in [6, 6.07) is 11.1. The number of furan rings is 1. The summed E-state index contributed by atoms with van der Waals surface area (Å²) < 4.78 is 15.8. The molecule has 1 aromatic carbocycles. The molecule has 0 unspecified atom stereocenters. The fourth-order valence-corrected chi connectivity index (χ4v) is 1.85. The Morgan fingerprint density at radius 3 is 2.90 bits per heavy atom. The molecule has 0 atom stereocenters. The Labute approximate surface area is 123 Å². The summed E-state index contributed by atoms with van der Waals surface area (Å²) in [6.45, 7) is 3.17.